The van der Waals surface area contributed by atoms with Gasteiger partial charge in [0.2, 0.25) is 0 Å². The minimum Gasteiger partial charge on any atom is -0.307 e. The van der Waals surface area contributed by atoms with Crippen molar-refractivity contribution in [3.05, 3.63) is 182 Å². The highest BCUT2D eigenvalue weighted by molar-refractivity contribution is 6.25. The van der Waals surface area contributed by atoms with Gasteiger partial charge in [-0.15, -0.1) is 0 Å². The Morgan fingerprint density at radius 1 is 0.271 bits per heavy atom. The van der Waals surface area contributed by atoms with Gasteiger partial charge in [-0.05, 0) is 57.8 Å². The molecule has 0 fully saturated rings. The highest BCUT2D eigenvalue weighted by Gasteiger charge is 2.22. The third-order valence-corrected chi connectivity index (χ3v) is 9.91. The van der Waals surface area contributed by atoms with Crippen LogP contribution < -0.4 is 0 Å². The van der Waals surface area contributed by atoms with Crippen LogP contribution in [0.4, 0.5) is 0 Å². The summed E-state index contributed by atoms with van der Waals surface area (Å²) in [6, 6.07) is 66.1. The molecule has 2 nitrogen and oxygen atoms in total. The van der Waals surface area contributed by atoms with Crippen LogP contribution in [0.25, 0.3) is 88.0 Å². The van der Waals surface area contributed by atoms with Crippen molar-refractivity contribution >= 4 is 54.4 Å². The monoisotopic (exact) mass is 610 g/mol. The molecule has 0 atom stereocenters. The molecule has 0 spiro atoms. The van der Waals surface area contributed by atoms with Gasteiger partial charge in [-0.3, -0.25) is 0 Å². The van der Waals surface area contributed by atoms with Crippen LogP contribution in [-0.4, -0.2) is 9.13 Å². The van der Waals surface area contributed by atoms with Gasteiger partial charge in [0.05, 0.1) is 22.1 Å². The van der Waals surface area contributed by atoms with Crippen molar-refractivity contribution in [2.45, 2.75) is 0 Å². The predicted octanol–water partition coefficient (Wildman–Crippen LogP) is 12.4. The zero-order valence-electron chi connectivity index (χ0n) is 26.2. The second-order valence-corrected chi connectivity index (χ2v) is 12.5. The Labute approximate surface area is 278 Å². The molecule has 2 heteroatoms. The first kappa shape index (κ1) is 26.8. The SMILES string of the molecule is c1ccc(-c2cccc3c4ccc5c6ccccc6n(-c6ccc(-c7cccc8ccccc78)cc6)c5c4n(-c4ccccc4)c23)cc1. The lowest BCUT2D eigenvalue weighted by Crippen LogP contribution is -1.99. The van der Waals surface area contributed by atoms with Gasteiger partial charge in [-0.25, -0.2) is 0 Å². The minimum atomic E-state index is 1.14. The fourth-order valence-corrected chi connectivity index (χ4v) is 7.82. The Bertz CT molecular complexity index is 2800. The first-order valence-corrected chi connectivity index (χ1v) is 16.5. The van der Waals surface area contributed by atoms with E-state index in [0.717, 1.165) is 11.4 Å². The van der Waals surface area contributed by atoms with E-state index in [4.69, 9.17) is 0 Å². The number of para-hydroxylation sites is 3. The van der Waals surface area contributed by atoms with Crippen molar-refractivity contribution in [2.75, 3.05) is 0 Å². The van der Waals surface area contributed by atoms with Crippen molar-refractivity contribution in [3.8, 4) is 33.6 Å². The van der Waals surface area contributed by atoms with Crippen LogP contribution in [0.1, 0.15) is 0 Å². The van der Waals surface area contributed by atoms with Crippen molar-refractivity contribution in [3.63, 3.8) is 0 Å². The van der Waals surface area contributed by atoms with E-state index in [9.17, 15) is 0 Å². The molecule has 0 N–H and O–H groups in total. The van der Waals surface area contributed by atoms with E-state index in [2.05, 4.69) is 191 Å². The summed E-state index contributed by atoms with van der Waals surface area (Å²) in [5.41, 5.74) is 12.0. The first-order chi connectivity index (χ1) is 23.8. The molecule has 224 valence electrons. The molecule has 0 aliphatic carbocycles. The molecular formula is C46H30N2. The lowest BCUT2D eigenvalue weighted by Gasteiger charge is -2.14. The zero-order chi connectivity index (χ0) is 31.6. The van der Waals surface area contributed by atoms with Crippen LogP contribution in [-0.2, 0) is 0 Å². The molecule has 10 rings (SSSR count). The van der Waals surface area contributed by atoms with Crippen molar-refractivity contribution in [1.82, 2.24) is 9.13 Å². The average Bonchev–Trinajstić information content (AvgIpc) is 3.69. The van der Waals surface area contributed by atoms with Gasteiger partial charge in [0.25, 0.3) is 0 Å². The number of nitrogens with zero attached hydrogens (tertiary/aromatic N) is 2. The molecule has 0 saturated carbocycles. The Balaban J connectivity index is 1.32. The highest BCUT2D eigenvalue weighted by Crippen LogP contribution is 2.44. The van der Waals surface area contributed by atoms with E-state index >= 15 is 0 Å². The van der Waals surface area contributed by atoms with Crippen LogP contribution in [0.15, 0.2) is 182 Å². The average molecular weight is 611 g/mol. The standard InChI is InChI=1S/C46H30N2/c1-3-13-32(14-4-1)38-22-12-23-40-42-30-29-41-39-20-9-10-24-43(39)47(45(41)46(42)48(44(38)40)34-17-5-2-6-18-34)35-27-25-33(26-28-35)37-21-11-16-31-15-7-8-19-36(31)37/h1-30H. The van der Waals surface area contributed by atoms with E-state index in [0.29, 0.717) is 0 Å². The quantitative estimate of drug-likeness (QED) is 0.188. The van der Waals surface area contributed by atoms with Gasteiger partial charge in [0, 0.05) is 38.5 Å². The molecule has 0 aliphatic heterocycles. The zero-order valence-corrected chi connectivity index (χ0v) is 26.2. The summed E-state index contributed by atoms with van der Waals surface area (Å²) in [5.74, 6) is 0. The summed E-state index contributed by atoms with van der Waals surface area (Å²) in [4.78, 5) is 0. The number of rotatable bonds is 4. The van der Waals surface area contributed by atoms with Crippen molar-refractivity contribution < 1.29 is 0 Å². The predicted molar refractivity (Wildman–Crippen MR) is 203 cm³/mol. The molecule has 0 amide bonds. The maximum Gasteiger partial charge on any atom is 0.0789 e. The van der Waals surface area contributed by atoms with Crippen molar-refractivity contribution in [2.24, 2.45) is 0 Å². The van der Waals surface area contributed by atoms with E-state index in [1.165, 1.54) is 76.6 Å². The maximum atomic E-state index is 2.50. The minimum absolute atomic E-state index is 1.14. The third-order valence-electron chi connectivity index (χ3n) is 9.91. The topological polar surface area (TPSA) is 9.86 Å². The number of benzene rings is 8. The Morgan fingerprint density at radius 3 is 1.60 bits per heavy atom. The van der Waals surface area contributed by atoms with Crippen LogP contribution in [0.3, 0.4) is 0 Å². The van der Waals surface area contributed by atoms with Crippen molar-refractivity contribution in [1.29, 1.82) is 0 Å². The molecule has 8 aromatic carbocycles. The lowest BCUT2D eigenvalue weighted by atomic mass is 9.98. The number of hydrogen-bond donors (Lipinski definition) is 0. The van der Waals surface area contributed by atoms with E-state index in [1.54, 1.807) is 0 Å². The van der Waals surface area contributed by atoms with Crippen LogP contribution in [0.5, 0.6) is 0 Å². The first-order valence-electron chi connectivity index (χ1n) is 16.5. The van der Waals surface area contributed by atoms with E-state index in [1.807, 2.05) is 0 Å². The fourth-order valence-electron chi connectivity index (χ4n) is 7.82. The van der Waals surface area contributed by atoms with Crippen LogP contribution in [0, 0.1) is 0 Å². The summed E-state index contributed by atoms with van der Waals surface area (Å²) in [7, 11) is 0. The summed E-state index contributed by atoms with van der Waals surface area (Å²) >= 11 is 0. The number of hydrogen-bond acceptors (Lipinski definition) is 0. The lowest BCUT2D eigenvalue weighted by molar-refractivity contribution is 1.15. The van der Waals surface area contributed by atoms with Gasteiger partial charge in [-0.1, -0.05) is 152 Å². The molecule has 2 aromatic heterocycles. The maximum absolute atomic E-state index is 2.50. The molecule has 0 bridgehead atoms. The molecular weight excluding hydrogens is 581 g/mol. The Kier molecular flexibility index (Phi) is 5.91. The second-order valence-electron chi connectivity index (χ2n) is 12.5. The normalized spacial score (nSPS) is 11.8. The van der Waals surface area contributed by atoms with Crippen LogP contribution >= 0.6 is 0 Å². The van der Waals surface area contributed by atoms with Gasteiger partial charge >= 0.3 is 0 Å². The molecule has 10 aromatic rings. The highest BCUT2D eigenvalue weighted by atomic mass is 15.0. The van der Waals surface area contributed by atoms with Crippen LogP contribution in [0.2, 0.25) is 0 Å². The molecule has 0 unspecified atom stereocenters. The Hall–Kier alpha value is -6.38. The van der Waals surface area contributed by atoms with Gasteiger partial charge in [0.1, 0.15) is 0 Å². The second kappa shape index (κ2) is 10.6. The van der Waals surface area contributed by atoms with Gasteiger partial charge < -0.3 is 9.13 Å². The third kappa shape index (κ3) is 3.93. The van der Waals surface area contributed by atoms with E-state index < -0.39 is 0 Å². The fraction of sp³-hybridized carbons (Fsp3) is 0. The smallest absolute Gasteiger partial charge is 0.0789 e. The summed E-state index contributed by atoms with van der Waals surface area (Å²) < 4.78 is 4.97. The van der Waals surface area contributed by atoms with Gasteiger partial charge in [0.15, 0.2) is 0 Å². The Morgan fingerprint density at radius 2 is 0.792 bits per heavy atom. The largest absolute Gasteiger partial charge is 0.307 e. The summed E-state index contributed by atoms with van der Waals surface area (Å²) in [5, 5.41) is 7.52. The molecule has 2 heterocycles. The number of aromatic nitrogens is 2. The summed E-state index contributed by atoms with van der Waals surface area (Å²) in [6.07, 6.45) is 0. The molecule has 48 heavy (non-hydrogen) atoms. The molecule has 0 saturated heterocycles. The number of fused-ring (bicyclic) bond motifs is 8. The van der Waals surface area contributed by atoms with Gasteiger partial charge in [-0.2, -0.15) is 0 Å². The molecule has 0 aliphatic rings. The molecule has 0 radical (unpaired) electrons. The summed E-state index contributed by atoms with van der Waals surface area (Å²) in [6.45, 7) is 0. The van der Waals surface area contributed by atoms with E-state index in [-0.39, 0.29) is 0 Å².